The topological polar surface area (TPSA) is 34.0 Å². The average Bonchev–Trinajstić information content (AvgIpc) is 2.41. The molecule has 0 aliphatic carbocycles. The highest BCUT2D eigenvalue weighted by atomic mass is 79.9. The van der Waals surface area contributed by atoms with Gasteiger partial charge in [0.1, 0.15) is 5.69 Å². The molecule has 0 saturated heterocycles. The maximum Gasteiger partial charge on any atom is 0.391 e. The molecule has 1 atom stereocenters. The summed E-state index contributed by atoms with van der Waals surface area (Å²) in [6.07, 6.45) is -3.66. The Balaban J connectivity index is 2.64. The molecule has 0 aliphatic rings. The Labute approximate surface area is 105 Å². The van der Waals surface area contributed by atoms with Gasteiger partial charge in [0.2, 0.25) is 0 Å². The fourth-order valence-electron chi connectivity index (χ4n) is 1.45. The van der Waals surface area contributed by atoms with Crippen molar-refractivity contribution >= 4 is 21.8 Å². The van der Waals surface area contributed by atoms with Crippen LogP contribution in [0.4, 0.5) is 13.2 Å². The minimum Gasteiger partial charge on any atom is -0.348 e. The van der Waals surface area contributed by atoms with Gasteiger partial charge in [0, 0.05) is 23.8 Å². The Kier molecular flexibility index (Phi) is 4.24. The van der Waals surface area contributed by atoms with Gasteiger partial charge in [-0.1, -0.05) is 0 Å². The first-order chi connectivity index (χ1) is 7.69. The number of hydrogen-bond donors (Lipinski definition) is 1. The summed E-state index contributed by atoms with van der Waals surface area (Å²) in [6, 6.07) is 0.603. The van der Waals surface area contributed by atoms with E-state index in [2.05, 4.69) is 21.2 Å². The second-order valence-corrected chi connectivity index (χ2v) is 4.76. The summed E-state index contributed by atoms with van der Waals surface area (Å²) in [7, 11) is 1.65. The van der Waals surface area contributed by atoms with Crippen molar-refractivity contribution < 1.29 is 18.0 Å². The molecule has 1 aromatic heterocycles. The molecule has 17 heavy (non-hydrogen) atoms. The van der Waals surface area contributed by atoms with Crippen LogP contribution in [-0.2, 0) is 7.05 Å². The van der Waals surface area contributed by atoms with Crippen LogP contribution in [0.2, 0.25) is 0 Å². The maximum atomic E-state index is 12.1. The molecule has 0 aliphatic heterocycles. The van der Waals surface area contributed by atoms with Gasteiger partial charge in [0.25, 0.3) is 5.91 Å². The third kappa shape index (κ3) is 4.41. The standard InChI is InChI=1S/C10H12BrF3N2O/c1-6(4-10(12,13)14)15-9(17)8-3-7(11)5-16(8)2/h3,5-6H,4H2,1-2H3,(H,15,17). The number of amides is 1. The van der Waals surface area contributed by atoms with Gasteiger partial charge in [-0.05, 0) is 28.9 Å². The normalized spacial score (nSPS) is 13.5. The number of hydrogen-bond acceptors (Lipinski definition) is 1. The molecule has 3 nitrogen and oxygen atoms in total. The summed E-state index contributed by atoms with van der Waals surface area (Å²) in [5.41, 5.74) is 0.311. The third-order valence-corrected chi connectivity index (χ3v) is 2.55. The van der Waals surface area contributed by atoms with E-state index < -0.39 is 24.5 Å². The lowest BCUT2D eigenvalue weighted by Crippen LogP contribution is -2.36. The molecular weight excluding hydrogens is 301 g/mol. The number of alkyl halides is 3. The highest BCUT2D eigenvalue weighted by Gasteiger charge is 2.30. The van der Waals surface area contributed by atoms with Gasteiger partial charge in [-0.3, -0.25) is 4.79 Å². The maximum absolute atomic E-state index is 12.1. The van der Waals surface area contributed by atoms with Crippen molar-refractivity contribution in [1.29, 1.82) is 0 Å². The number of aryl methyl sites for hydroxylation is 1. The summed E-state index contributed by atoms with van der Waals surface area (Å²) in [5, 5.41) is 2.31. The molecule has 0 fully saturated rings. The predicted molar refractivity (Wildman–Crippen MR) is 60.7 cm³/mol. The van der Waals surface area contributed by atoms with E-state index in [0.29, 0.717) is 10.2 Å². The fourth-order valence-corrected chi connectivity index (χ4v) is 1.97. The summed E-state index contributed by atoms with van der Waals surface area (Å²) < 4.78 is 38.5. The van der Waals surface area contributed by atoms with E-state index in [1.807, 2.05) is 0 Å². The van der Waals surface area contributed by atoms with Crippen LogP contribution < -0.4 is 5.32 Å². The summed E-state index contributed by atoms with van der Waals surface area (Å²) in [4.78, 5) is 11.7. The van der Waals surface area contributed by atoms with E-state index >= 15 is 0 Å². The molecule has 0 saturated carbocycles. The lowest BCUT2D eigenvalue weighted by molar-refractivity contribution is -0.138. The smallest absolute Gasteiger partial charge is 0.348 e. The number of nitrogens with one attached hydrogen (secondary N) is 1. The Hall–Kier alpha value is -0.980. The van der Waals surface area contributed by atoms with Gasteiger partial charge < -0.3 is 9.88 Å². The molecule has 0 radical (unpaired) electrons. The zero-order valence-corrected chi connectivity index (χ0v) is 10.9. The zero-order valence-electron chi connectivity index (χ0n) is 9.31. The van der Waals surface area contributed by atoms with Crippen LogP contribution in [0.5, 0.6) is 0 Å². The van der Waals surface area contributed by atoms with E-state index in [1.54, 1.807) is 23.9 Å². The van der Waals surface area contributed by atoms with E-state index in [9.17, 15) is 18.0 Å². The summed E-state index contributed by atoms with van der Waals surface area (Å²) in [5.74, 6) is -0.519. The summed E-state index contributed by atoms with van der Waals surface area (Å²) in [6.45, 7) is 1.32. The van der Waals surface area contributed by atoms with Crippen molar-refractivity contribution in [2.75, 3.05) is 0 Å². The van der Waals surface area contributed by atoms with Crippen molar-refractivity contribution in [2.45, 2.75) is 25.6 Å². The van der Waals surface area contributed by atoms with Crippen molar-refractivity contribution in [3.8, 4) is 0 Å². The van der Waals surface area contributed by atoms with Gasteiger partial charge in [-0.2, -0.15) is 13.2 Å². The second-order valence-electron chi connectivity index (χ2n) is 3.85. The van der Waals surface area contributed by atoms with E-state index in [0.717, 1.165) is 0 Å². The number of rotatable bonds is 3. The van der Waals surface area contributed by atoms with Crippen molar-refractivity contribution in [1.82, 2.24) is 9.88 Å². The number of aromatic nitrogens is 1. The molecule has 7 heteroatoms. The first-order valence-electron chi connectivity index (χ1n) is 4.88. The van der Waals surface area contributed by atoms with Gasteiger partial charge >= 0.3 is 6.18 Å². The van der Waals surface area contributed by atoms with Crippen LogP contribution in [-0.4, -0.2) is 22.7 Å². The second kappa shape index (κ2) is 5.12. The van der Waals surface area contributed by atoms with E-state index in [-0.39, 0.29) is 0 Å². The SMILES string of the molecule is CC(CC(F)(F)F)NC(=O)c1cc(Br)cn1C. The average molecular weight is 313 g/mol. The Morgan fingerprint density at radius 2 is 2.18 bits per heavy atom. The van der Waals surface area contributed by atoms with Crippen LogP contribution in [0.1, 0.15) is 23.8 Å². The lowest BCUT2D eigenvalue weighted by Gasteiger charge is -2.15. The van der Waals surface area contributed by atoms with Gasteiger partial charge in [-0.25, -0.2) is 0 Å². The Bertz CT molecular complexity index is 414. The molecule has 1 rings (SSSR count). The van der Waals surface area contributed by atoms with Crippen LogP contribution in [0.15, 0.2) is 16.7 Å². The lowest BCUT2D eigenvalue weighted by atomic mass is 10.2. The van der Waals surface area contributed by atoms with Gasteiger partial charge in [0.05, 0.1) is 6.42 Å². The van der Waals surface area contributed by atoms with Crippen LogP contribution in [0.25, 0.3) is 0 Å². The largest absolute Gasteiger partial charge is 0.391 e. The van der Waals surface area contributed by atoms with Crippen molar-refractivity contribution in [3.05, 3.63) is 22.4 Å². The molecule has 0 spiro atoms. The number of carbonyl (C=O) groups excluding carboxylic acids is 1. The molecule has 96 valence electrons. The minimum atomic E-state index is -4.28. The number of halogens is 4. The quantitative estimate of drug-likeness (QED) is 0.915. The molecule has 1 heterocycles. The van der Waals surface area contributed by atoms with E-state index in [1.165, 1.54) is 6.92 Å². The molecule has 0 aromatic carbocycles. The third-order valence-electron chi connectivity index (χ3n) is 2.12. The molecule has 1 aromatic rings. The molecule has 1 N–H and O–H groups in total. The summed E-state index contributed by atoms with van der Waals surface area (Å²) >= 11 is 3.19. The minimum absolute atomic E-state index is 0.311. The van der Waals surface area contributed by atoms with Gasteiger partial charge in [0.15, 0.2) is 0 Å². The number of carbonyl (C=O) groups is 1. The zero-order chi connectivity index (χ0) is 13.2. The molecule has 0 bridgehead atoms. The Morgan fingerprint density at radius 3 is 2.59 bits per heavy atom. The highest BCUT2D eigenvalue weighted by molar-refractivity contribution is 9.10. The Morgan fingerprint density at radius 1 is 1.59 bits per heavy atom. The van der Waals surface area contributed by atoms with Crippen LogP contribution in [0, 0.1) is 0 Å². The molecule has 1 unspecified atom stereocenters. The highest BCUT2D eigenvalue weighted by Crippen LogP contribution is 2.21. The number of nitrogens with zero attached hydrogens (tertiary/aromatic N) is 1. The van der Waals surface area contributed by atoms with Crippen molar-refractivity contribution in [3.63, 3.8) is 0 Å². The first-order valence-corrected chi connectivity index (χ1v) is 5.68. The predicted octanol–water partition coefficient (Wildman–Crippen LogP) is 2.86. The fraction of sp³-hybridized carbons (Fsp3) is 0.500. The van der Waals surface area contributed by atoms with Crippen LogP contribution >= 0.6 is 15.9 Å². The monoisotopic (exact) mass is 312 g/mol. The molecular formula is C10H12BrF3N2O. The van der Waals surface area contributed by atoms with E-state index in [4.69, 9.17) is 0 Å². The van der Waals surface area contributed by atoms with Gasteiger partial charge in [-0.15, -0.1) is 0 Å². The molecule has 1 amide bonds. The van der Waals surface area contributed by atoms with Crippen LogP contribution in [0.3, 0.4) is 0 Å². The van der Waals surface area contributed by atoms with Crippen molar-refractivity contribution in [2.24, 2.45) is 7.05 Å². The first kappa shape index (κ1) is 14.1.